The number of halogens is 1. The van der Waals surface area contributed by atoms with E-state index in [1.807, 2.05) is 24.3 Å². The van der Waals surface area contributed by atoms with Gasteiger partial charge in [-0.25, -0.2) is 4.39 Å². The maximum atomic E-state index is 14.2. The number of hydrogen-bond acceptors (Lipinski definition) is 1. The predicted molar refractivity (Wildman–Crippen MR) is 60.3 cm³/mol. The van der Waals surface area contributed by atoms with Crippen molar-refractivity contribution < 1.29 is 4.39 Å². The van der Waals surface area contributed by atoms with Crippen molar-refractivity contribution >= 4 is 0 Å². The van der Waals surface area contributed by atoms with Crippen molar-refractivity contribution in [1.29, 1.82) is 0 Å². The van der Waals surface area contributed by atoms with E-state index in [2.05, 4.69) is 0 Å². The highest BCUT2D eigenvalue weighted by Gasteiger charge is 2.33. The van der Waals surface area contributed by atoms with Crippen LogP contribution in [0.3, 0.4) is 0 Å². The van der Waals surface area contributed by atoms with E-state index in [0.29, 0.717) is 13.0 Å². The summed E-state index contributed by atoms with van der Waals surface area (Å²) >= 11 is 0. The van der Waals surface area contributed by atoms with Crippen LogP contribution in [0.4, 0.5) is 4.39 Å². The molecule has 0 bridgehead atoms. The highest BCUT2D eigenvalue weighted by Crippen LogP contribution is 2.36. The van der Waals surface area contributed by atoms with Gasteiger partial charge in [0, 0.05) is 13.0 Å². The quantitative estimate of drug-likeness (QED) is 0.810. The largest absolute Gasteiger partial charge is 0.326 e. The third-order valence-electron chi connectivity index (χ3n) is 3.25. The van der Waals surface area contributed by atoms with Crippen LogP contribution in [0.15, 0.2) is 24.3 Å². The van der Waals surface area contributed by atoms with E-state index in [0.717, 1.165) is 36.8 Å². The van der Waals surface area contributed by atoms with Crippen LogP contribution in [0.2, 0.25) is 0 Å². The lowest BCUT2D eigenvalue weighted by atomic mass is 9.94. The Morgan fingerprint density at radius 1 is 1.20 bits per heavy atom. The van der Waals surface area contributed by atoms with E-state index in [-0.39, 0.29) is 0 Å². The monoisotopic (exact) mass is 207 g/mol. The van der Waals surface area contributed by atoms with Crippen LogP contribution in [0.1, 0.15) is 36.8 Å². The molecule has 0 saturated heterocycles. The summed E-state index contributed by atoms with van der Waals surface area (Å²) in [5.41, 5.74) is 6.79. The van der Waals surface area contributed by atoms with Gasteiger partial charge in [0.1, 0.15) is 5.67 Å². The summed E-state index contributed by atoms with van der Waals surface area (Å²) in [5, 5.41) is 0. The molecular weight excluding hydrogens is 189 g/mol. The maximum Gasteiger partial charge on any atom is 0.115 e. The molecular formula is C13H18FN. The molecule has 0 amide bonds. The summed E-state index contributed by atoms with van der Waals surface area (Å²) in [5.74, 6) is 0. The molecule has 0 heterocycles. The third kappa shape index (κ3) is 2.57. The number of hydrogen-bond donors (Lipinski definition) is 1. The van der Waals surface area contributed by atoms with Gasteiger partial charge >= 0.3 is 0 Å². The van der Waals surface area contributed by atoms with Gasteiger partial charge in [0.25, 0.3) is 0 Å². The standard InChI is InChI=1S/C13H18FN/c14-13(6-1-2-7-13)9-11-4-3-5-12(8-11)10-15/h3-5,8H,1-2,6-7,9-10,15H2. The Bertz CT molecular complexity index is 329. The van der Waals surface area contributed by atoms with Crippen LogP contribution in [-0.4, -0.2) is 5.67 Å². The average molecular weight is 207 g/mol. The lowest BCUT2D eigenvalue weighted by Gasteiger charge is -2.19. The van der Waals surface area contributed by atoms with Crippen LogP contribution in [-0.2, 0) is 13.0 Å². The Labute approximate surface area is 90.5 Å². The summed E-state index contributed by atoms with van der Waals surface area (Å²) in [6.07, 6.45) is 4.07. The van der Waals surface area contributed by atoms with Crippen LogP contribution in [0.5, 0.6) is 0 Å². The highest BCUT2D eigenvalue weighted by molar-refractivity contribution is 5.24. The maximum absolute atomic E-state index is 14.2. The Morgan fingerprint density at radius 3 is 2.53 bits per heavy atom. The Morgan fingerprint density at radius 2 is 1.87 bits per heavy atom. The molecule has 82 valence electrons. The Kier molecular flexibility index (Phi) is 3.06. The fourth-order valence-corrected chi connectivity index (χ4v) is 2.42. The highest BCUT2D eigenvalue weighted by atomic mass is 19.1. The number of alkyl halides is 1. The van der Waals surface area contributed by atoms with Crippen LogP contribution < -0.4 is 5.73 Å². The van der Waals surface area contributed by atoms with Crippen molar-refractivity contribution in [1.82, 2.24) is 0 Å². The first-order chi connectivity index (χ1) is 7.22. The van der Waals surface area contributed by atoms with Gasteiger partial charge in [-0.2, -0.15) is 0 Å². The van der Waals surface area contributed by atoms with Gasteiger partial charge in [-0.05, 0) is 24.0 Å². The SMILES string of the molecule is NCc1cccc(CC2(F)CCCC2)c1. The first kappa shape index (κ1) is 10.6. The van der Waals surface area contributed by atoms with E-state index in [1.54, 1.807) is 0 Å². The molecule has 1 nitrogen and oxygen atoms in total. The normalized spacial score (nSPS) is 19.3. The zero-order valence-electron chi connectivity index (χ0n) is 9.01. The minimum atomic E-state index is -0.951. The van der Waals surface area contributed by atoms with Crippen molar-refractivity contribution in [2.75, 3.05) is 0 Å². The number of nitrogens with two attached hydrogens (primary N) is 1. The topological polar surface area (TPSA) is 26.0 Å². The molecule has 0 aromatic heterocycles. The van der Waals surface area contributed by atoms with Gasteiger partial charge in [0.15, 0.2) is 0 Å². The molecule has 15 heavy (non-hydrogen) atoms. The second-order valence-corrected chi connectivity index (χ2v) is 4.56. The lowest BCUT2D eigenvalue weighted by Crippen LogP contribution is -2.21. The van der Waals surface area contributed by atoms with Gasteiger partial charge in [-0.15, -0.1) is 0 Å². The van der Waals surface area contributed by atoms with Crippen molar-refractivity contribution in [3.05, 3.63) is 35.4 Å². The molecule has 0 spiro atoms. The molecule has 0 unspecified atom stereocenters. The summed E-state index contributed by atoms with van der Waals surface area (Å²) in [7, 11) is 0. The molecule has 1 saturated carbocycles. The van der Waals surface area contributed by atoms with Gasteiger partial charge in [-0.1, -0.05) is 37.1 Å². The first-order valence-electron chi connectivity index (χ1n) is 5.69. The fraction of sp³-hybridized carbons (Fsp3) is 0.538. The molecule has 2 rings (SSSR count). The molecule has 1 fully saturated rings. The summed E-state index contributed by atoms with van der Waals surface area (Å²) in [6.45, 7) is 0.535. The Hall–Kier alpha value is -0.890. The van der Waals surface area contributed by atoms with Gasteiger partial charge in [0.2, 0.25) is 0 Å². The summed E-state index contributed by atoms with van der Waals surface area (Å²) < 4.78 is 14.2. The van der Waals surface area contributed by atoms with Gasteiger partial charge < -0.3 is 5.73 Å². The predicted octanol–water partition coefficient (Wildman–Crippen LogP) is 2.97. The molecule has 1 aliphatic rings. The molecule has 0 aliphatic heterocycles. The minimum absolute atomic E-state index is 0.535. The van der Waals surface area contributed by atoms with Crippen LogP contribution >= 0.6 is 0 Å². The van der Waals surface area contributed by atoms with Crippen molar-refractivity contribution in [2.24, 2.45) is 5.73 Å². The molecule has 1 aliphatic carbocycles. The van der Waals surface area contributed by atoms with Crippen molar-refractivity contribution in [3.8, 4) is 0 Å². The van der Waals surface area contributed by atoms with Gasteiger partial charge in [-0.3, -0.25) is 0 Å². The zero-order valence-corrected chi connectivity index (χ0v) is 9.01. The smallest absolute Gasteiger partial charge is 0.115 e. The van der Waals surface area contributed by atoms with Crippen molar-refractivity contribution in [2.45, 2.75) is 44.3 Å². The van der Waals surface area contributed by atoms with Crippen LogP contribution in [0, 0.1) is 0 Å². The second kappa shape index (κ2) is 4.31. The van der Waals surface area contributed by atoms with E-state index < -0.39 is 5.67 Å². The molecule has 1 aromatic carbocycles. The minimum Gasteiger partial charge on any atom is -0.326 e. The molecule has 1 aromatic rings. The number of benzene rings is 1. The fourth-order valence-electron chi connectivity index (χ4n) is 2.42. The van der Waals surface area contributed by atoms with E-state index in [9.17, 15) is 4.39 Å². The van der Waals surface area contributed by atoms with E-state index in [4.69, 9.17) is 5.73 Å². The van der Waals surface area contributed by atoms with Crippen molar-refractivity contribution in [3.63, 3.8) is 0 Å². The molecule has 2 N–H and O–H groups in total. The third-order valence-corrected chi connectivity index (χ3v) is 3.25. The van der Waals surface area contributed by atoms with E-state index >= 15 is 0 Å². The van der Waals surface area contributed by atoms with Crippen LogP contribution in [0.25, 0.3) is 0 Å². The molecule has 0 atom stereocenters. The molecule has 0 radical (unpaired) electrons. The van der Waals surface area contributed by atoms with E-state index in [1.165, 1.54) is 0 Å². The Balaban J connectivity index is 2.09. The second-order valence-electron chi connectivity index (χ2n) is 4.56. The lowest BCUT2D eigenvalue weighted by molar-refractivity contribution is 0.173. The molecule has 2 heteroatoms. The van der Waals surface area contributed by atoms with Gasteiger partial charge in [0.05, 0.1) is 0 Å². The summed E-state index contributed by atoms with van der Waals surface area (Å²) in [6, 6.07) is 7.98. The first-order valence-corrected chi connectivity index (χ1v) is 5.69. The summed E-state index contributed by atoms with van der Waals surface area (Å²) in [4.78, 5) is 0. The average Bonchev–Trinajstić information content (AvgIpc) is 2.65. The number of rotatable bonds is 3. The zero-order chi connectivity index (χ0) is 10.7.